The molecular formula is C18H19ClN2O. The predicted molar refractivity (Wildman–Crippen MR) is 91.4 cm³/mol. The van der Waals surface area contributed by atoms with E-state index in [0.29, 0.717) is 11.6 Å². The Labute approximate surface area is 135 Å². The maximum Gasteiger partial charge on any atom is 0.141 e. The number of nitrogens with zero attached hydrogens (tertiary/aromatic N) is 2. The van der Waals surface area contributed by atoms with Crippen molar-refractivity contribution in [3.63, 3.8) is 0 Å². The molecule has 3 nitrogen and oxygen atoms in total. The van der Waals surface area contributed by atoms with Crippen LogP contribution in [0, 0.1) is 6.92 Å². The Morgan fingerprint density at radius 2 is 2.00 bits per heavy atom. The van der Waals surface area contributed by atoms with E-state index in [1.807, 2.05) is 37.3 Å². The molecule has 114 valence electrons. The van der Waals surface area contributed by atoms with Gasteiger partial charge in [0.2, 0.25) is 0 Å². The molecular weight excluding hydrogens is 296 g/mol. The van der Waals surface area contributed by atoms with E-state index in [4.69, 9.17) is 21.3 Å². The van der Waals surface area contributed by atoms with Gasteiger partial charge >= 0.3 is 0 Å². The van der Waals surface area contributed by atoms with Gasteiger partial charge in [-0.1, -0.05) is 35.9 Å². The lowest BCUT2D eigenvalue weighted by Gasteiger charge is -2.11. The average Bonchev–Trinajstić information content (AvgIpc) is 2.85. The van der Waals surface area contributed by atoms with Gasteiger partial charge in [-0.25, -0.2) is 4.98 Å². The van der Waals surface area contributed by atoms with Crippen LogP contribution in [0.5, 0.6) is 0 Å². The van der Waals surface area contributed by atoms with Crippen LogP contribution in [0.25, 0.3) is 22.4 Å². The second-order valence-electron chi connectivity index (χ2n) is 5.23. The van der Waals surface area contributed by atoms with Crippen LogP contribution in [-0.4, -0.2) is 22.8 Å². The first kappa shape index (κ1) is 15.1. The van der Waals surface area contributed by atoms with E-state index in [2.05, 4.69) is 23.6 Å². The van der Waals surface area contributed by atoms with Crippen molar-refractivity contribution in [1.29, 1.82) is 0 Å². The largest absolute Gasteiger partial charge is 0.380 e. The zero-order valence-corrected chi connectivity index (χ0v) is 13.6. The molecule has 22 heavy (non-hydrogen) atoms. The molecule has 1 aromatic heterocycles. The lowest BCUT2D eigenvalue weighted by atomic mass is 10.1. The first-order chi connectivity index (χ1) is 10.7. The maximum atomic E-state index is 6.11. The van der Waals surface area contributed by atoms with Gasteiger partial charge in [-0.05, 0) is 37.6 Å². The standard InChI is InChI=1S/C18H19ClN2O/c1-3-22-11-10-21-17-9-8-14(19)12-16(17)20-18(21)15-7-5-4-6-13(15)2/h4-9,12H,3,10-11H2,1-2H3. The summed E-state index contributed by atoms with van der Waals surface area (Å²) in [5.74, 6) is 0.968. The number of imidazole rings is 1. The van der Waals surface area contributed by atoms with Crippen molar-refractivity contribution >= 4 is 22.6 Å². The van der Waals surface area contributed by atoms with E-state index < -0.39 is 0 Å². The van der Waals surface area contributed by atoms with Crippen molar-refractivity contribution in [1.82, 2.24) is 9.55 Å². The summed E-state index contributed by atoms with van der Waals surface area (Å²) in [5, 5.41) is 0.707. The van der Waals surface area contributed by atoms with Gasteiger partial charge in [-0.2, -0.15) is 0 Å². The molecule has 0 atom stereocenters. The number of benzene rings is 2. The molecule has 1 heterocycles. The maximum absolute atomic E-state index is 6.11. The van der Waals surface area contributed by atoms with Crippen molar-refractivity contribution < 1.29 is 4.74 Å². The Bertz CT molecular complexity index is 795. The Kier molecular flexibility index (Phi) is 4.46. The SMILES string of the molecule is CCOCCn1c(-c2ccccc2C)nc2cc(Cl)ccc21. The fourth-order valence-corrected chi connectivity index (χ4v) is 2.83. The molecule has 3 rings (SSSR count). The van der Waals surface area contributed by atoms with Gasteiger partial charge in [0.05, 0.1) is 17.6 Å². The number of ether oxygens (including phenoxy) is 1. The number of hydrogen-bond acceptors (Lipinski definition) is 2. The predicted octanol–water partition coefficient (Wildman–Crippen LogP) is 4.70. The van der Waals surface area contributed by atoms with Gasteiger partial charge < -0.3 is 9.30 Å². The molecule has 4 heteroatoms. The summed E-state index contributed by atoms with van der Waals surface area (Å²) >= 11 is 6.11. The van der Waals surface area contributed by atoms with Crippen molar-refractivity contribution in [2.24, 2.45) is 0 Å². The average molecular weight is 315 g/mol. The fraction of sp³-hybridized carbons (Fsp3) is 0.278. The minimum Gasteiger partial charge on any atom is -0.380 e. The van der Waals surface area contributed by atoms with Crippen molar-refractivity contribution in [3.05, 3.63) is 53.1 Å². The van der Waals surface area contributed by atoms with Crippen LogP contribution < -0.4 is 0 Å². The summed E-state index contributed by atoms with van der Waals surface area (Å²) in [6.45, 7) is 6.28. The van der Waals surface area contributed by atoms with E-state index in [0.717, 1.165) is 35.6 Å². The number of fused-ring (bicyclic) bond motifs is 1. The third-order valence-electron chi connectivity index (χ3n) is 3.76. The minimum absolute atomic E-state index is 0.670. The van der Waals surface area contributed by atoms with E-state index >= 15 is 0 Å². The van der Waals surface area contributed by atoms with Crippen LogP contribution in [0.3, 0.4) is 0 Å². The first-order valence-electron chi connectivity index (χ1n) is 7.50. The summed E-state index contributed by atoms with van der Waals surface area (Å²) in [4.78, 5) is 4.81. The van der Waals surface area contributed by atoms with Gasteiger partial charge in [0.25, 0.3) is 0 Å². The molecule has 2 aromatic carbocycles. The molecule has 0 N–H and O–H groups in total. The highest BCUT2D eigenvalue weighted by atomic mass is 35.5. The highest BCUT2D eigenvalue weighted by Gasteiger charge is 2.14. The molecule has 0 radical (unpaired) electrons. The van der Waals surface area contributed by atoms with Crippen molar-refractivity contribution in [3.8, 4) is 11.4 Å². The Morgan fingerprint density at radius 1 is 1.18 bits per heavy atom. The van der Waals surface area contributed by atoms with Crippen LogP contribution in [0.4, 0.5) is 0 Å². The molecule has 0 spiro atoms. The van der Waals surface area contributed by atoms with Crippen LogP contribution in [0.2, 0.25) is 5.02 Å². The molecule has 0 aliphatic carbocycles. The van der Waals surface area contributed by atoms with Gasteiger partial charge in [0.1, 0.15) is 5.82 Å². The summed E-state index contributed by atoms with van der Waals surface area (Å²) < 4.78 is 7.74. The smallest absolute Gasteiger partial charge is 0.141 e. The van der Waals surface area contributed by atoms with E-state index in [-0.39, 0.29) is 0 Å². The monoisotopic (exact) mass is 314 g/mol. The normalized spacial score (nSPS) is 11.2. The second kappa shape index (κ2) is 6.51. The third-order valence-corrected chi connectivity index (χ3v) is 3.99. The molecule has 0 amide bonds. The first-order valence-corrected chi connectivity index (χ1v) is 7.88. The number of rotatable bonds is 5. The Balaban J connectivity index is 2.15. The molecule has 0 saturated carbocycles. The van der Waals surface area contributed by atoms with Crippen molar-refractivity contribution in [2.45, 2.75) is 20.4 Å². The fourth-order valence-electron chi connectivity index (χ4n) is 2.66. The van der Waals surface area contributed by atoms with E-state index in [9.17, 15) is 0 Å². The van der Waals surface area contributed by atoms with Crippen LogP contribution in [0.1, 0.15) is 12.5 Å². The van der Waals surface area contributed by atoms with Crippen molar-refractivity contribution in [2.75, 3.05) is 13.2 Å². The van der Waals surface area contributed by atoms with Crippen LogP contribution in [-0.2, 0) is 11.3 Å². The lowest BCUT2D eigenvalue weighted by Crippen LogP contribution is -2.07. The minimum atomic E-state index is 0.670. The topological polar surface area (TPSA) is 27.1 Å². The molecule has 0 unspecified atom stereocenters. The molecule has 0 bridgehead atoms. The van der Waals surface area contributed by atoms with E-state index in [1.165, 1.54) is 5.56 Å². The third kappa shape index (κ3) is 2.87. The highest BCUT2D eigenvalue weighted by Crippen LogP contribution is 2.28. The number of halogens is 1. The molecule has 0 aliphatic heterocycles. The van der Waals surface area contributed by atoms with Gasteiger partial charge in [-0.15, -0.1) is 0 Å². The number of aryl methyl sites for hydroxylation is 1. The Morgan fingerprint density at radius 3 is 2.77 bits per heavy atom. The summed E-state index contributed by atoms with van der Waals surface area (Å²) in [6.07, 6.45) is 0. The van der Waals surface area contributed by atoms with E-state index in [1.54, 1.807) is 0 Å². The summed E-state index contributed by atoms with van der Waals surface area (Å²) in [7, 11) is 0. The zero-order chi connectivity index (χ0) is 15.5. The summed E-state index contributed by atoms with van der Waals surface area (Å²) in [5.41, 5.74) is 4.36. The quantitative estimate of drug-likeness (QED) is 0.638. The zero-order valence-electron chi connectivity index (χ0n) is 12.8. The molecule has 3 aromatic rings. The van der Waals surface area contributed by atoms with Gasteiger partial charge in [0.15, 0.2) is 0 Å². The highest BCUT2D eigenvalue weighted by molar-refractivity contribution is 6.31. The molecule has 0 fully saturated rings. The number of aromatic nitrogens is 2. The summed E-state index contributed by atoms with van der Waals surface area (Å²) in [6, 6.07) is 14.1. The van der Waals surface area contributed by atoms with Gasteiger partial charge in [-0.3, -0.25) is 0 Å². The van der Waals surface area contributed by atoms with Crippen LogP contribution in [0.15, 0.2) is 42.5 Å². The lowest BCUT2D eigenvalue weighted by molar-refractivity contribution is 0.140. The molecule has 0 saturated heterocycles. The Hall–Kier alpha value is -1.84. The second-order valence-corrected chi connectivity index (χ2v) is 5.67. The van der Waals surface area contributed by atoms with Gasteiger partial charge in [0, 0.05) is 23.7 Å². The number of hydrogen-bond donors (Lipinski definition) is 0. The van der Waals surface area contributed by atoms with Crippen LogP contribution >= 0.6 is 11.6 Å². The molecule has 0 aliphatic rings.